The molecule has 2 aromatic carbocycles. The Bertz CT molecular complexity index is 1070. The van der Waals surface area contributed by atoms with E-state index in [9.17, 15) is 18.0 Å². The molecule has 2 aromatic rings. The van der Waals surface area contributed by atoms with Gasteiger partial charge in [0.25, 0.3) is 0 Å². The Morgan fingerprint density at radius 1 is 1.03 bits per heavy atom. The van der Waals surface area contributed by atoms with Crippen LogP contribution in [0.4, 0.5) is 5.69 Å². The second-order valence-corrected chi connectivity index (χ2v) is 9.97. The van der Waals surface area contributed by atoms with E-state index in [0.29, 0.717) is 24.1 Å². The van der Waals surface area contributed by atoms with Crippen molar-refractivity contribution in [1.82, 2.24) is 0 Å². The van der Waals surface area contributed by atoms with E-state index in [2.05, 4.69) is 5.32 Å². The molecule has 1 saturated carbocycles. The molecular weight excluding hydrogens is 402 g/mol. The predicted octanol–water partition coefficient (Wildman–Crippen LogP) is 4.21. The molecule has 1 N–H and O–H groups in total. The second kappa shape index (κ2) is 8.60. The van der Waals surface area contributed by atoms with Crippen LogP contribution in [-0.2, 0) is 19.4 Å². The highest BCUT2D eigenvalue weighted by Crippen LogP contribution is 2.41. The summed E-state index contributed by atoms with van der Waals surface area (Å²) in [6.45, 7) is 5.73. The summed E-state index contributed by atoms with van der Waals surface area (Å²) >= 11 is 0. The van der Waals surface area contributed by atoms with Gasteiger partial charge in [0.05, 0.1) is 17.1 Å². The maximum absolute atomic E-state index is 13.6. The average molecular weight is 430 g/mol. The molecule has 0 saturated heterocycles. The molecule has 0 aromatic heterocycles. The van der Waals surface area contributed by atoms with Crippen molar-refractivity contribution in [3.05, 3.63) is 59.2 Å². The first-order valence-corrected chi connectivity index (χ1v) is 11.6. The molecule has 0 atom stereocenters. The molecule has 1 amide bonds. The van der Waals surface area contributed by atoms with Gasteiger partial charge in [0.1, 0.15) is 0 Å². The van der Waals surface area contributed by atoms with Crippen molar-refractivity contribution in [3.63, 3.8) is 0 Å². The van der Waals surface area contributed by atoms with Gasteiger partial charge in [-0.25, -0.2) is 13.2 Å². The van der Waals surface area contributed by atoms with E-state index in [-0.39, 0.29) is 24.3 Å². The number of hydrogen-bond acceptors (Lipinski definition) is 5. The molecule has 0 unspecified atom stereocenters. The minimum atomic E-state index is -3.90. The number of hydrogen-bond donors (Lipinski definition) is 1. The monoisotopic (exact) mass is 429 g/mol. The van der Waals surface area contributed by atoms with E-state index >= 15 is 0 Å². The van der Waals surface area contributed by atoms with Crippen molar-refractivity contribution in [3.8, 4) is 0 Å². The van der Waals surface area contributed by atoms with Crippen LogP contribution in [0.15, 0.2) is 47.4 Å². The van der Waals surface area contributed by atoms with Crippen LogP contribution in [0.2, 0.25) is 0 Å². The van der Waals surface area contributed by atoms with Crippen molar-refractivity contribution in [2.24, 2.45) is 0 Å². The Balaban J connectivity index is 1.94. The maximum atomic E-state index is 13.6. The fraction of sp³-hybridized carbons (Fsp3) is 0.391. The average Bonchev–Trinajstić information content (AvgIpc) is 3.22. The van der Waals surface area contributed by atoms with E-state index in [0.717, 1.165) is 11.1 Å². The number of rotatable bonds is 6. The number of benzene rings is 2. The topological polar surface area (TPSA) is 89.5 Å². The molecule has 1 aliphatic rings. The lowest BCUT2D eigenvalue weighted by Crippen LogP contribution is -2.47. The van der Waals surface area contributed by atoms with Crippen molar-refractivity contribution < 1.29 is 22.7 Å². The number of carbonyl (C=O) groups excluding carboxylic acids is 2. The third-order valence-electron chi connectivity index (χ3n) is 5.76. The zero-order valence-electron chi connectivity index (χ0n) is 17.5. The first-order chi connectivity index (χ1) is 14.2. The minimum absolute atomic E-state index is 0.169. The van der Waals surface area contributed by atoms with Crippen LogP contribution in [0.25, 0.3) is 0 Å². The Morgan fingerprint density at radius 3 is 2.37 bits per heavy atom. The Hall–Kier alpha value is -2.67. The van der Waals surface area contributed by atoms with E-state index in [1.165, 1.54) is 6.07 Å². The van der Waals surface area contributed by atoms with Gasteiger partial charge in [0.15, 0.2) is 14.6 Å². The highest BCUT2D eigenvalue weighted by Gasteiger charge is 2.53. The van der Waals surface area contributed by atoms with Crippen molar-refractivity contribution in [1.29, 1.82) is 0 Å². The van der Waals surface area contributed by atoms with Crippen LogP contribution < -0.4 is 5.32 Å². The summed E-state index contributed by atoms with van der Waals surface area (Å²) in [5.41, 5.74) is 2.53. The highest BCUT2D eigenvalue weighted by atomic mass is 32.2. The standard InChI is InChI=1S/C23H27NO5S/c1-4-29-21(25)18-8-7-9-19(15-18)24-22(26)23(12-5-6-13-23)30(27,28)20-11-10-16(2)17(3)14-20/h7-11,14-15H,4-6,12-13H2,1-3H3,(H,24,26). The molecule has 0 radical (unpaired) electrons. The summed E-state index contributed by atoms with van der Waals surface area (Å²) < 4.78 is 30.6. The molecule has 3 rings (SSSR count). The summed E-state index contributed by atoms with van der Waals surface area (Å²) in [6.07, 6.45) is 1.87. The molecule has 0 bridgehead atoms. The quantitative estimate of drug-likeness (QED) is 0.695. The third-order valence-corrected chi connectivity index (χ3v) is 8.26. The van der Waals surface area contributed by atoms with Gasteiger partial charge in [-0.2, -0.15) is 0 Å². The normalized spacial score (nSPS) is 15.6. The molecule has 0 aliphatic heterocycles. The lowest BCUT2D eigenvalue weighted by molar-refractivity contribution is -0.118. The smallest absolute Gasteiger partial charge is 0.338 e. The summed E-state index contributed by atoms with van der Waals surface area (Å²) in [5, 5.41) is 2.74. The number of ether oxygens (including phenoxy) is 1. The van der Waals surface area contributed by atoms with E-state index in [1.54, 1.807) is 43.3 Å². The fourth-order valence-electron chi connectivity index (χ4n) is 3.85. The van der Waals surface area contributed by atoms with E-state index < -0.39 is 26.5 Å². The molecule has 1 fully saturated rings. The summed E-state index contributed by atoms with van der Waals surface area (Å²) in [5.74, 6) is -1.05. The molecule has 30 heavy (non-hydrogen) atoms. The van der Waals surface area contributed by atoms with Crippen molar-refractivity contribution in [2.75, 3.05) is 11.9 Å². The molecule has 1 aliphatic carbocycles. The van der Waals surface area contributed by atoms with E-state index in [1.807, 2.05) is 13.8 Å². The van der Waals surface area contributed by atoms with Crippen molar-refractivity contribution >= 4 is 27.4 Å². The summed E-state index contributed by atoms with van der Waals surface area (Å²) in [6, 6.07) is 11.3. The minimum Gasteiger partial charge on any atom is -0.462 e. The van der Waals surface area contributed by atoms with Gasteiger partial charge in [-0.3, -0.25) is 4.79 Å². The SMILES string of the molecule is CCOC(=O)c1cccc(NC(=O)C2(S(=O)(=O)c3ccc(C)c(C)c3)CCCC2)c1. The Kier molecular flexibility index (Phi) is 6.31. The van der Waals surface area contributed by atoms with Gasteiger partial charge in [-0.1, -0.05) is 25.0 Å². The first kappa shape index (κ1) is 22.0. The summed E-state index contributed by atoms with van der Waals surface area (Å²) in [4.78, 5) is 25.5. The van der Waals surface area contributed by atoms with Gasteiger partial charge in [0.2, 0.25) is 5.91 Å². The number of aryl methyl sites for hydroxylation is 2. The van der Waals surface area contributed by atoms with Crippen LogP contribution in [0.1, 0.15) is 54.1 Å². The van der Waals surface area contributed by atoms with Gasteiger partial charge in [0, 0.05) is 5.69 Å². The van der Waals surface area contributed by atoms with Gasteiger partial charge in [-0.05, 0) is 75.1 Å². The van der Waals surface area contributed by atoms with Crippen molar-refractivity contribution in [2.45, 2.75) is 56.1 Å². The lowest BCUT2D eigenvalue weighted by Gasteiger charge is -2.28. The molecule has 0 spiro atoms. The molecular formula is C23H27NO5S. The third kappa shape index (κ3) is 3.99. The van der Waals surface area contributed by atoms with Crippen LogP contribution in [0.5, 0.6) is 0 Å². The first-order valence-electron chi connectivity index (χ1n) is 10.1. The van der Waals surface area contributed by atoms with Crippen LogP contribution in [0.3, 0.4) is 0 Å². The number of carbonyl (C=O) groups is 2. The largest absolute Gasteiger partial charge is 0.462 e. The van der Waals surface area contributed by atoms with Crippen LogP contribution >= 0.6 is 0 Å². The number of esters is 1. The van der Waals surface area contributed by atoms with Gasteiger partial charge >= 0.3 is 5.97 Å². The van der Waals surface area contributed by atoms with Crippen LogP contribution in [-0.4, -0.2) is 31.6 Å². The second-order valence-electron chi connectivity index (χ2n) is 7.71. The predicted molar refractivity (Wildman–Crippen MR) is 115 cm³/mol. The number of nitrogens with one attached hydrogen (secondary N) is 1. The van der Waals surface area contributed by atoms with Gasteiger partial charge < -0.3 is 10.1 Å². The lowest BCUT2D eigenvalue weighted by atomic mass is 10.1. The number of anilines is 1. The Labute approximate surface area is 177 Å². The van der Waals surface area contributed by atoms with E-state index in [4.69, 9.17) is 4.74 Å². The fourth-order valence-corrected chi connectivity index (χ4v) is 6.01. The number of amides is 1. The molecule has 0 heterocycles. The maximum Gasteiger partial charge on any atom is 0.338 e. The van der Waals surface area contributed by atoms with Crippen LogP contribution in [0, 0.1) is 13.8 Å². The highest BCUT2D eigenvalue weighted by molar-refractivity contribution is 7.93. The van der Waals surface area contributed by atoms with Gasteiger partial charge in [-0.15, -0.1) is 0 Å². The zero-order chi connectivity index (χ0) is 21.9. The molecule has 7 heteroatoms. The zero-order valence-corrected chi connectivity index (χ0v) is 18.3. The summed E-state index contributed by atoms with van der Waals surface area (Å²) in [7, 11) is -3.90. The Morgan fingerprint density at radius 2 is 1.73 bits per heavy atom. The molecule has 160 valence electrons. The molecule has 6 nitrogen and oxygen atoms in total. The number of sulfone groups is 1.